The van der Waals surface area contributed by atoms with Crippen molar-refractivity contribution >= 4 is 64.2 Å². The minimum absolute atomic E-state index is 0.0180. The van der Waals surface area contributed by atoms with Crippen LogP contribution in [0.2, 0.25) is 0 Å². The standard InChI is InChI=1S/C36H41N5O7S4/c1-36(44,26-11-13-40(21-26)34-37-19-30(49-34)32(42)23-6-4-8-27(16-23)51(2,45)46)18-25-10-12-39-14-15-41(22-29(25)39)35-38-20-31(50-35)33(43)24-7-5-9-28(17-24)52(3,47)48/h4-9,16-17,19-20,25-26,29,44H,10-15,18,21-22H2,1-3H3/t25?,26?,29-,36?/m0/s1. The SMILES string of the molecule is CC(O)(CC1CCN2CCN(c3ncc(C(=O)c4cccc(S(C)(=O)=O)c4)s3)C[C@@H]12)C1CCN(c2ncc(C(=O)c3cccc(S(C)(=O)=O)c3)s2)C1. The van der Waals surface area contributed by atoms with E-state index < -0.39 is 25.3 Å². The number of ketones is 2. The third-order valence-corrected chi connectivity index (χ3v) is 15.0. The molecule has 0 saturated carbocycles. The van der Waals surface area contributed by atoms with Gasteiger partial charge < -0.3 is 14.9 Å². The maximum Gasteiger partial charge on any atom is 0.204 e. The van der Waals surface area contributed by atoms with Gasteiger partial charge in [0.25, 0.3) is 0 Å². The van der Waals surface area contributed by atoms with Gasteiger partial charge in [0.1, 0.15) is 0 Å². The number of hydrogen-bond acceptors (Lipinski definition) is 14. The highest BCUT2D eigenvalue weighted by molar-refractivity contribution is 7.91. The van der Waals surface area contributed by atoms with Crippen LogP contribution in [0, 0.1) is 11.8 Å². The molecule has 2 aromatic heterocycles. The van der Waals surface area contributed by atoms with Gasteiger partial charge in [0.15, 0.2) is 29.9 Å². The van der Waals surface area contributed by atoms with Crippen molar-refractivity contribution in [3.8, 4) is 0 Å². The number of hydrogen-bond donors (Lipinski definition) is 1. The minimum Gasteiger partial charge on any atom is -0.390 e. The van der Waals surface area contributed by atoms with Gasteiger partial charge in [0.05, 0.1) is 37.5 Å². The monoisotopic (exact) mass is 783 g/mol. The van der Waals surface area contributed by atoms with E-state index in [9.17, 15) is 31.5 Å². The molecule has 4 aromatic rings. The smallest absolute Gasteiger partial charge is 0.204 e. The van der Waals surface area contributed by atoms with Gasteiger partial charge in [-0.3, -0.25) is 14.5 Å². The molecule has 0 radical (unpaired) electrons. The predicted molar refractivity (Wildman–Crippen MR) is 201 cm³/mol. The second kappa shape index (κ2) is 14.0. The van der Waals surface area contributed by atoms with Crippen molar-refractivity contribution in [3.05, 3.63) is 81.8 Å². The second-order valence-electron chi connectivity index (χ2n) is 14.4. The highest BCUT2D eigenvalue weighted by atomic mass is 32.2. The molecule has 5 heterocycles. The van der Waals surface area contributed by atoms with Crippen LogP contribution in [-0.4, -0.2) is 112 Å². The molecule has 0 spiro atoms. The Morgan fingerprint density at radius 3 is 1.87 bits per heavy atom. The first-order chi connectivity index (χ1) is 24.6. The van der Waals surface area contributed by atoms with E-state index in [-0.39, 0.29) is 39.2 Å². The number of nitrogens with zero attached hydrogens (tertiary/aromatic N) is 5. The Balaban J connectivity index is 0.976. The van der Waals surface area contributed by atoms with Crippen molar-refractivity contribution in [2.24, 2.45) is 11.8 Å². The van der Waals surface area contributed by atoms with Crippen LogP contribution in [0.15, 0.2) is 70.7 Å². The molecule has 3 saturated heterocycles. The van der Waals surface area contributed by atoms with Crippen LogP contribution in [0.3, 0.4) is 0 Å². The maximum absolute atomic E-state index is 13.3. The van der Waals surface area contributed by atoms with Gasteiger partial charge >= 0.3 is 0 Å². The number of aliphatic hydroxyl groups is 1. The topological polar surface area (TPSA) is 158 Å². The largest absolute Gasteiger partial charge is 0.390 e. The van der Waals surface area contributed by atoms with E-state index in [4.69, 9.17) is 0 Å². The zero-order valence-corrected chi connectivity index (χ0v) is 32.4. The van der Waals surface area contributed by atoms with Gasteiger partial charge in [-0.2, -0.15) is 0 Å². The number of carbonyl (C=O) groups is 2. The molecule has 1 N–H and O–H groups in total. The Kier molecular flexibility index (Phi) is 9.93. The van der Waals surface area contributed by atoms with Crippen LogP contribution in [0.5, 0.6) is 0 Å². The normalized spacial score (nSPS) is 22.3. The summed E-state index contributed by atoms with van der Waals surface area (Å²) in [4.78, 5) is 43.5. The van der Waals surface area contributed by atoms with Crippen molar-refractivity contribution in [2.75, 3.05) is 61.6 Å². The van der Waals surface area contributed by atoms with Crippen LogP contribution in [0.1, 0.15) is 56.7 Å². The lowest BCUT2D eigenvalue weighted by Gasteiger charge is -2.41. The number of thiazole rings is 2. The molecule has 0 bridgehead atoms. The van der Waals surface area contributed by atoms with Gasteiger partial charge in [0, 0.05) is 68.3 Å². The Labute approximate surface area is 312 Å². The molecule has 0 amide bonds. The Morgan fingerprint density at radius 2 is 1.33 bits per heavy atom. The Hall–Kier alpha value is -3.54. The summed E-state index contributed by atoms with van der Waals surface area (Å²) in [6.07, 6.45) is 7.78. The molecule has 3 aliphatic heterocycles. The number of piperazine rings is 1. The lowest BCUT2D eigenvalue weighted by molar-refractivity contribution is -0.0192. The molecule has 3 fully saturated rings. The Morgan fingerprint density at radius 1 is 0.788 bits per heavy atom. The molecule has 52 heavy (non-hydrogen) atoms. The number of anilines is 2. The third kappa shape index (κ3) is 7.59. The molecule has 276 valence electrons. The maximum atomic E-state index is 13.3. The Bertz CT molecular complexity index is 2230. The quantitative estimate of drug-likeness (QED) is 0.218. The van der Waals surface area contributed by atoms with E-state index >= 15 is 0 Å². The average molecular weight is 784 g/mol. The highest BCUT2D eigenvalue weighted by Gasteiger charge is 2.45. The third-order valence-electron chi connectivity index (χ3n) is 10.6. The number of carbonyl (C=O) groups excluding carboxylic acids is 2. The van der Waals surface area contributed by atoms with Crippen LogP contribution in [0.25, 0.3) is 0 Å². The number of benzene rings is 2. The fourth-order valence-corrected chi connectivity index (χ4v) is 10.9. The van der Waals surface area contributed by atoms with E-state index in [1.54, 1.807) is 36.7 Å². The molecule has 3 unspecified atom stereocenters. The van der Waals surface area contributed by atoms with E-state index in [1.165, 1.54) is 46.9 Å². The fraction of sp³-hybridized carbons (Fsp3) is 0.444. The van der Waals surface area contributed by atoms with Gasteiger partial charge in [-0.15, -0.1) is 0 Å². The minimum atomic E-state index is -3.45. The van der Waals surface area contributed by atoms with E-state index in [0.717, 1.165) is 56.7 Å². The van der Waals surface area contributed by atoms with E-state index in [0.29, 0.717) is 45.5 Å². The van der Waals surface area contributed by atoms with Crippen molar-refractivity contribution in [3.63, 3.8) is 0 Å². The second-order valence-corrected chi connectivity index (χ2v) is 20.4. The molecule has 4 atom stereocenters. The number of fused-ring (bicyclic) bond motifs is 1. The van der Waals surface area contributed by atoms with Gasteiger partial charge in [-0.05, 0) is 62.9 Å². The molecule has 3 aliphatic rings. The number of rotatable bonds is 11. The summed E-state index contributed by atoms with van der Waals surface area (Å²) in [5, 5.41) is 13.4. The average Bonchev–Trinajstić information content (AvgIpc) is 3.94. The van der Waals surface area contributed by atoms with Crippen LogP contribution in [-0.2, 0) is 19.7 Å². The molecule has 7 rings (SSSR count). The van der Waals surface area contributed by atoms with Crippen LogP contribution in [0.4, 0.5) is 10.3 Å². The molecule has 16 heteroatoms. The first kappa shape index (κ1) is 36.8. The molecule has 2 aromatic carbocycles. The van der Waals surface area contributed by atoms with Crippen molar-refractivity contribution < 1.29 is 31.5 Å². The lowest BCUT2D eigenvalue weighted by Crippen LogP contribution is -2.53. The van der Waals surface area contributed by atoms with Crippen LogP contribution < -0.4 is 9.80 Å². The fourth-order valence-electron chi connectivity index (χ4n) is 7.70. The molecular formula is C36H41N5O7S4. The molecule has 0 aliphatic carbocycles. The highest BCUT2D eigenvalue weighted by Crippen LogP contribution is 2.41. The zero-order chi connectivity index (χ0) is 37.0. The summed E-state index contributed by atoms with van der Waals surface area (Å²) in [7, 11) is -6.89. The van der Waals surface area contributed by atoms with Gasteiger partial charge in [-0.1, -0.05) is 46.9 Å². The van der Waals surface area contributed by atoms with Crippen molar-refractivity contribution in [1.29, 1.82) is 0 Å². The van der Waals surface area contributed by atoms with E-state index in [2.05, 4.69) is 24.7 Å². The summed E-state index contributed by atoms with van der Waals surface area (Å²) < 4.78 is 48.0. The zero-order valence-electron chi connectivity index (χ0n) is 29.1. The van der Waals surface area contributed by atoms with Gasteiger partial charge in [-0.25, -0.2) is 26.8 Å². The summed E-state index contributed by atoms with van der Waals surface area (Å²) in [5.74, 6) is -0.236. The van der Waals surface area contributed by atoms with Gasteiger partial charge in [0.2, 0.25) is 11.6 Å². The van der Waals surface area contributed by atoms with E-state index in [1.807, 2.05) is 6.92 Å². The predicted octanol–water partition coefficient (Wildman–Crippen LogP) is 4.05. The molecular weight excluding hydrogens is 743 g/mol. The summed E-state index contributed by atoms with van der Waals surface area (Å²) >= 11 is 2.60. The lowest BCUT2D eigenvalue weighted by atomic mass is 9.78. The number of aromatic nitrogens is 2. The summed E-state index contributed by atoms with van der Waals surface area (Å²) in [6.45, 7) is 6.62. The molecule has 12 nitrogen and oxygen atoms in total. The number of sulfone groups is 2. The van der Waals surface area contributed by atoms with Crippen molar-refractivity contribution in [1.82, 2.24) is 14.9 Å². The summed E-state index contributed by atoms with van der Waals surface area (Å²) in [5.41, 5.74) is -0.304. The first-order valence-corrected chi connectivity index (χ1v) is 22.6. The van der Waals surface area contributed by atoms with Crippen LogP contribution >= 0.6 is 22.7 Å². The first-order valence-electron chi connectivity index (χ1n) is 17.1. The summed E-state index contributed by atoms with van der Waals surface area (Å²) in [6, 6.07) is 12.4. The van der Waals surface area contributed by atoms with Crippen molar-refractivity contribution in [2.45, 2.75) is 47.6 Å².